The molecule has 2 aromatic heterocycles. The Morgan fingerprint density at radius 3 is 2.85 bits per heavy atom. The normalized spacial score (nSPS) is 17.9. The van der Waals surface area contributed by atoms with Crippen LogP contribution in [0.1, 0.15) is 40.5 Å². The van der Waals surface area contributed by atoms with Gasteiger partial charge in [0.25, 0.3) is 5.91 Å². The van der Waals surface area contributed by atoms with Crippen LogP contribution in [0.3, 0.4) is 0 Å². The van der Waals surface area contributed by atoms with Gasteiger partial charge in [-0.1, -0.05) is 6.07 Å². The van der Waals surface area contributed by atoms with Crippen LogP contribution >= 0.6 is 0 Å². The van der Waals surface area contributed by atoms with Crippen molar-refractivity contribution in [2.75, 3.05) is 27.2 Å². The van der Waals surface area contributed by atoms with Gasteiger partial charge in [-0.05, 0) is 56.8 Å². The van der Waals surface area contributed by atoms with Crippen LogP contribution in [0.25, 0.3) is 0 Å². The van der Waals surface area contributed by atoms with Gasteiger partial charge in [-0.15, -0.1) is 0 Å². The molecular weight excluding hydrogens is 326 g/mol. The molecule has 0 saturated carbocycles. The van der Waals surface area contributed by atoms with Crippen molar-refractivity contribution in [3.05, 3.63) is 53.4 Å². The number of aryl methyl sites for hydroxylation is 1. The minimum atomic E-state index is -0.0721. The first kappa shape index (κ1) is 18.5. The topological polar surface area (TPSA) is 62.2 Å². The molecule has 26 heavy (non-hydrogen) atoms. The Labute approximate surface area is 155 Å². The van der Waals surface area contributed by atoms with E-state index in [2.05, 4.69) is 25.9 Å². The molecule has 3 rings (SSSR count). The third-order valence-corrected chi connectivity index (χ3v) is 4.73. The van der Waals surface area contributed by atoms with E-state index in [9.17, 15) is 4.79 Å². The highest BCUT2D eigenvalue weighted by Gasteiger charge is 2.22. The summed E-state index contributed by atoms with van der Waals surface area (Å²) in [7, 11) is 3.49. The van der Waals surface area contributed by atoms with Crippen molar-refractivity contribution in [1.29, 1.82) is 0 Å². The maximum Gasteiger partial charge on any atom is 0.272 e. The fourth-order valence-corrected chi connectivity index (χ4v) is 3.55. The highest BCUT2D eigenvalue weighted by Crippen LogP contribution is 2.22. The zero-order valence-electron chi connectivity index (χ0n) is 15.9. The Bertz CT molecular complexity index is 747. The summed E-state index contributed by atoms with van der Waals surface area (Å²) < 4.78 is 0. The van der Waals surface area contributed by atoms with Crippen LogP contribution in [-0.4, -0.2) is 57.8 Å². The monoisotopic (exact) mass is 353 g/mol. The number of pyridine rings is 1. The molecule has 0 aliphatic carbocycles. The maximum atomic E-state index is 12.2. The first-order chi connectivity index (χ1) is 12.5. The molecule has 3 heterocycles. The molecule has 0 aromatic carbocycles. The lowest BCUT2D eigenvalue weighted by Gasteiger charge is -2.32. The molecule has 0 N–H and O–H groups in total. The van der Waals surface area contributed by atoms with E-state index in [1.54, 1.807) is 19.0 Å². The number of hydrogen-bond donors (Lipinski definition) is 0. The average Bonchev–Trinajstić information content (AvgIpc) is 2.61. The van der Waals surface area contributed by atoms with Gasteiger partial charge in [0.2, 0.25) is 0 Å². The lowest BCUT2D eigenvalue weighted by atomic mass is 9.93. The van der Waals surface area contributed by atoms with Gasteiger partial charge < -0.3 is 4.90 Å². The number of likely N-dealkylation sites (tertiary alicyclic amines) is 1. The summed E-state index contributed by atoms with van der Waals surface area (Å²) in [5.41, 5.74) is 2.57. The van der Waals surface area contributed by atoms with E-state index in [4.69, 9.17) is 0 Å². The molecule has 0 radical (unpaired) electrons. The highest BCUT2D eigenvalue weighted by atomic mass is 16.2. The predicted molar refractivity (Wildman–Crippen MR) is 101 cm³/mol. The van der Waals surface area contributed by atoms with Crippen molar-refractivity contribution in [2.45, 2.75) is 32.7 Å². The summed E-state index contributed by atoms with van der Waals surface area (Å²) in [5.74, 6) is 1.13. The van der Waals surface area contributed by atoms with Crippen LogP contribution in [0, 0.1) is 12.8 Å². The second-order valence-corrected chi connectivity index (χ2v) is 7.26. The van der Waals surface area contributed by atoms with Crippen LogP contribution in [0.15, 0.2) is 30.5 Å². The molecule has 1 saturated heterocycles. The van der Waals surface area contributed by atoms with E-state index in [0.29, 0.717) is 17.4 Å². The van der Waals surface area contributed by atoms with E-state index >= 15 is 0 Å². The Morgan fingerprint density at radius 1 is 1.27 bits per heavy atom. The van der Waals surface area contributed by atoms with Crippen molar-refractivity contribution in [1.82, 2.24) is 24.8 Å². The fraction of sp³-hybridized carbons (Fsp3) is 0.500. The van der Waals surface area contributed by atoms with Crippen molar-refractivity contribution in [3.8, 4) is 0 Å². The Kier molecular flexibility index (Phi) is 5.93. The molecule has 2 aromatic rings. The molecule has 0 spiro atoms. The maximum absolute atomic E-state index is 12.2. The second kappa shape index (κ2) is 8.36. The Morgan fingerprint density at radius 2 is 2.12 bits per heavy atom. The standard InChI is InChI=1S/C20H27N5O/c1-15-22-18(12-19(23-15)20(26)24(2)3)11-16-7-6-10-25(13-16)14-17-8-4-5-9-21-17/h4-5,8-9,12,16H,6-7,10-11,13-14H2,1-3H3/t16-/m0/s1. The molecular formula is C20H27N5O. The third-order valence-electron chi connectivity index (χ3n) is 4.73. The molecule has 6 nitrogen and oxygen atoms in total. The van der Waals surface area contributed by atoms with Gasteiger partial charge in [0.15, 0.2) is 0 Å². The SMILES string of the molecule is Cc1nc(C[C@@H]2CCCN(Cc3ccccn3)C2)cc(C(=O)N(C)C)n1. The van der Waals surface area contributed by atoms with Crippen LogP contribution < -0.4 is 0 Å². The fourth-order valence-electron chi connectivity index (χ4n) is 3.55. The van der Waals surface area contributed by atoms with Crippen LogP contribution in [0.4, 0.5) is 0 Å². The number of nitrogens with zero attached hydrogens (tertiary/aromatic N) is 5. The second-order valence-electron chi connectivity index (χ2n) is 7.26. The van der Waals surface area contributed by atoms with E-state index in [1.165, 1.54) is 12.8 Å². The van der Waals surface area contributed by atoms with Crippen LogP contribution in [-0.2, 0) is 13.0 Å². The number of hydrogen-bond acceptors (Lipinski definition) is 5. The number of amides is 1. The smallest absolute Gasteiger partial charge is 0.272 e. The minimum absolute atomic E-state index is 0.0721. The highest BCUT2D eigenvalue weighted by molar-refractivity contribution is 5.92. The quantitative estimate of drug-likeness (QED) is 0.826. The molecule has 0 unspecified atom stereocenters. The van der Waals surface area contributed by atoms with Crippen molar-refractivity contribution >= 4 is 5.91 Å². The summed E-state index contributed by atoms with van der Waals surface area (Å²) in [6, 6.07) is 7.92. The van der Waals surface area contributed by atoms with Gasteiger partial charge >= 0.3 is 0 Å². The van der Waals surface area contributed by atoms with Gasteiger partial charge in [0.05, 0.1) is 5.69 Å². The first-order valence-corrected chi connectivity index (χ1v) is 9.19. The lowest BCUT2D eigenvalue weighted by molar-refractivity contribution is 0.0821. The van der Waals surface area contributed by atoms with Gasteiger partial charge in [-0.25, -0.2) is 9.97 Å². The van der Waals surface area contributed by atoms with Gasteiger partial charge in [0.1, 0.15) is 11.5 Å². The molecule has 1 amide bonds. The zero-order valence-corrected chi connectivity index (χ0v) is 15.9. The molecule has 0 bridgehead atoms. The Balaban J connectivity index is 1.65. The molecule has 1 atom stereocenters. The van der Waals surface area contributed by atoms with Crippen molar-refractivity contribution < 1.29 is 4.79 Å². The summed E-state index contributed by atoms with van der Waals surface area (Å²) in [6.07, 6.45) is 5.11. The summed E-state index contributed by atoms with van der Waals surface area (Å²) >= 11 is 0. The number of rotatable bonds is 5. The van der Waals surface area contributed by atoms with Crippen LogP contribution in [0.2, 0.25) is 0 Å². The van der Waals surface area contributed by atoms with Crippen LogP contribution in [0.5, 0.6) is 0 Å². The summed E-state index contributed by atoms with van der Waals surface area (Å²) in [5, 5.41) is 0. The average molecular weight is 353 g/mol. The van der Waals surface area contributed by atoms with E-state index in [0.717, 1.165) is 37.4 Å². The molecule has 1 fully saturated rings. The predicted octanol–water partition coefficient (Wildman–Crippen LogP) is 2.34. The number of piperidine rings is 1. The largest absolute Gasteiger partial charge is 0.343 e. The number of aromatic nitrogens is 3. The van der Waals surface area contributed by atoms with Gasteiger partial charge in [-0.2, -0.15) is 0 Å². The van der Waals surface area contributed by atoms with E-state index in [-0.39, 0.29) is 5.91 Å². The summed E-state index contributed by atoms with van der Waals surface area (Å²) in [4.78, 5) is 29.5. The van der Waals surface area contributed by atoms with E-state index in [1.807, 2.05) is 31.3 Å². The molecule has 1 aliphatic rings. The molecule has 1 aliphatic heterocycles. The molecule has 138 valence electrons. The minimum Gasteiger partial charge on any atom is -0.343 e. The molecule has 6 heteroatoms. The number of carbonyl (C=O) groups is 1. The van der Waals surface area contributed by atoms with Crippen molar-refractivity contribution in [3.63, 3.8) is 0 Å². The van der Waals surface area contributed by atoms with Gasteiger partial charge in [0, 0.05) is 39.1 Å². The first-order valence-electron chi connectivity index (χ1n) is 9.19. The summed E-state index contributed by atoms with van der Waals surface area (Å²) in [6.45, 7) is 4.89. The zero-order chi connectivity index (χ0) is 18.5. The number of carbonyl (C=O) groups excluding carboxylic acids is 1. The lowest BCUT2D eigenvalue weighted by Crippen LogP contribution is -2.36. The Hall–Kier alpha value is -2.34. The van der Waals surface area contributed by atoms with E-state index < -0.39 is 0 Å². The van der Waals surface area contributed by atoms with Crippen molar-refractivity contribution in [2.24, 2.45) is 5.92 Å². The van der Waals surface area contributed by atoms with Gasteiger partial charge in [-0.3, -0.25) is 14.7 Å². The third kappa shape index (κ3) is 4.85.